The smallest absolute Gasteiger partial charge is 0.145 e. The Kier molecular flexibility index (Phi) is 8.19. The number of nitrogens with zero attached hydrogens (tertiary/aromatic N) is 2. The van der Waals surface area contributed by atoms with Crippen LogP contribution >= 0.6 is 0 Å². The molecule has 6 aromatic carbocycles. The van der Waals surface area contributed by atoms with Gasteiger partial charge in [-0.15, -0.1) is 0 Å². The Labute approximate surface area is 398 Å². The second-order valence-electron chi connectivity index (χ2n) is 18.6. The molecular weight excluding hydrogens is 793 g/mol. The largest absolute Gasteiger partial charge is 0.457 e. The lowest BCUT2D eigenvalue weighted by atomic mass is 9.71. The SMILES string of the molecule is [2H]C([2H])([2H])c1cnc(-c2cc(Oc3cc(-c4cc(-c5ccc(-c6ccc(C7([2H])CCC(C)(C)CC7)cc6C)cc5C)c(C)cn4)c4oc5cc(C)ccc5c4c3)c(C([2H])([2H])[2H])c(-c3ccccc3)c2)cc1C([2H])([2H])[2H]. The minimum Gasteiger partial charge on any atom is -0.457 e. The van der Waals surface area contributed by atoms with Crippen LogP contribution in [-0.2, 0) is 0 Å². The Morgan fingerprint density at radius 2 is 1.35 bits per heavy atom. The number of aryl methyl sites for hydroxylation is 6. The average molecular weight is 861 g/mol. The topological polar surface area (TPSA) is 48.2 Å². The predicted octanol–water partition coefficient (Wildman–Crippen LogP) is 17.3. The summed E-state index contributed by atoms with van der Waals surface area (Å²) in [5.74, 6) is -0.324. The molecule has 0 radical (unpaired) electrons. The summed E-state index contributed by atoms with van der Waals surface area (Å²) in [5, 5.41) is 1.53. The van der Waals surface area contributed by atoms with Crippen molar-refractivity contribution in [3.05, 3.63) is 178 Å². The molecule has 0 atom stereocenters. The number of fused-ring (bicyclic) bond motifs is 3. The van der Waals surface area contributed by atoms with Gasteiger partial charge in [0.25, 0.3) is 0 Å². The van der Waals surface area contributed by atoms with Crippen LogP contribution in [-0.4, -0.2) is 9.97 Å². The van der Waals surface area contributed by atoms with Gasteiger partial charge in [0.2, 0.25) is 0 Å². The maximum Gasteiger partial charge on any atom is 0.145 e. The van der Waals surface area contributed by atoms with E-state index in [2.05, 4.69) is 69.1 Å². The van der Waals surface area contributed by atoms with E-state index in [0.29, 0.717) is 44.5 Å². The zero-order valence-corrected chi connectivity index (χ0v) is 37.7. The molecule has 0 aliphatic heterocycles. The van der Waals surface area contributed by atoms with Crippen molar-refractivity contribution in [2.75, 3.05) is 0 Å². The van der Waals surface area contributed by atoms with Crippen LogP contribution in [0.1, 0.15) is 104 Å². The highest BCUT2D eigenvalue weighted by molar-refractivity contribution is 6.10. The quantitative estimate of drug-likeness (QED) is 0.153. The summed E-state index contributed by atoms with van der Waals surface area (Å²) in [6, 6.07) is 38.0. The van der Waals surface area contributed by atoms with E-state index in [1.165, 1.54) is 12.1 Å². The molecule has 3 heterocycles. The first-order chi connectivity index (χ1) is 35.3. The molecule has 10 rings (SSSR count). The van der Waals surface area contributed by atoms with Crippen LogP contribution in [0.15, 0.2) is 138 Å². The summed E-state index contributed by atoms with van der Waals surface area (Å²) in [6.07, 6.45) is 6.70. The minimum atomic E-state index is -2.79. The van der Waals surface area contributed by atoms with Gasteiger partial charge in [0.1, 0.15) is 22.7 Å². The van der Waals surface area contributed by atoms with Crippen LogP contribution in [0.3, 0.4) is 0 Å². The van der Waals surface area contributed by atoms with Crippen molar-refractivity contribution >= 4 is 21.9 Å². The minimum absolute atomic E-state index is 0.0344. The van der Waals surface area contributed by atoms with E-state index in [4.69, 9.17) is 26.5 Å². The Balaban J connectivity index is 1.10. The molecule has 0 spiro atoms. The molecule has 3 aromatic heterocycles. The van der Waals surface area contributed by atoms with E-state index < -0.39 is 32.0 Å². The molecule has 4 heteroatoms. The van der Waals surface area contributed by atoms with Gasteiger partial charge in [-0.05, 0) is 206 Å². The number of hydrogen-bond acceptors (Lipinski definition) is 4. The van der Waals surface area contributed by atoms with Crippen molar-refractivity contribution in [2.24, 2.45) is 5.41 Å². The summed E-state index contributed by atoms with van der Waals surface area (Å²) >= 11 is 0. The van der Waals surface area contributed by atoms with Gasteiger partial charge in [-0.3, -0.25) is 9.97 Å². The zero-order valence-electron chi connectivity index (χ0n) is 47.7. The number of hydrogen-bond donors (Lipinski definition) is 0. The van der Waals surface area contributed by atoms with E-state index in [1.54, 1.807) is 36.4 Å². The third-order valence-electron chi connectivity index (χ3n) is 13.4. The van der Waals surface area contributed by atoms with Crippen LogP contribution in [0.2, 0.25) is 0 Å². The van der Waals surface area contributed by atoms with Crippen molar-refractivity contribution < 1.29 is 22.9 Å². The molecule has 1 aliphatic rings. The molecule has 65 heavy (non-hydrogen) atoms. The lowest BCUT2D eigenvalue weighted by Crippen LogP contribution is -2.20. The summed E-state index contributed by atoms with van der Waals surface area (Å²) in [5.41, 5.74) is 12.6. The molecule has 0 bridgehead atoms. The molecule has 4 nitrogen and oxygen atoms in total. The second kappa shape index (κ2) is 16.7. The van der Waals surface area contributed by atoms with Gasteiger partial charge in [0, 0.05) is 48.0 Å². The van der Waals surface area contributed by atoms with Gasteiger partial charge < -0.3 is 9.15 Å². The highest BCUT2D eigenvalue weighted by Crippen LogP contribution is 2.45. The van der Waals surface area contributed by atoms with Crippen LogP contribution in [0.5, 0.6) is 11.5 Å². The standard InChI is InChI=1S/C61H58N2O2/c1-36-15-18-51-54-31-48(64-58-30-47(56-28-37(2)40(5)34-62-56)29-53(42(58)7)44-13-11-10-12-14-44)32-55(60(54)65-59(51)25-36)57-33-52(41(6)35-63-57)50-20-17-46(27-39(50)4)49-19-16-45(26-38(49)3)43-21-23-61(8,9)24-22-43/h10-20,25-35,43H,21-24H2,1-9H3/i2D3,5D3,7D3,43D. The van der Waals surface area contributed by atoms with E-state index in [9.17, 15) is 1.37 Å². The number of furan rings is 1. The first kappa shape index (κ1) is 32.0. The van der Waals surface area contributed by atoms with Gasteiger partial charge in [-0.2, -0.15) is 0 Å². The molecular formula is C61H58N2O2. The fourth-order valence-electron chi connectivity index (χ4n) is 9.46. The monoisotopic (exact) mass is 861 g/mol. The number of pyridine rings is 2. The first-order valence-electron chi connectivity index (χ1n) is 27.4. The van der Waals surface area contributed by atoms with Gasteiger partial charge in [0.15, 0.2) is 0 Å². The maximum atomic E-state index is 9.39. The average Bonchev–Trinajstić information content (AvgIpc) is 3.72. The number of rotatable bonds is 8. The Morgan fingerprint density at radius 3 is 2.12 bits per heavy atom. The fraction of sp³-hybridized carbons (Fsp3) is 0.246. The summed E-state index contributed by atoms with van der Waals surface area (Å²) in [4.78, 5) is 9.44. The predicted molar refractivity (Wildman–Crippen MR) is 271 cm³/mol. The molecule has 324 valence electrons. The van der Waals surface area contributed by atoms with Gasteiger partial charge in [0.05, 0.1) is 11.4 Å². The van der Waals surface area contributed by atoms with Crippen molar-refractivity contribution in [1.29, 1.82) is 0 Å². The molecule has 1 fully saturated rings. The fourth-order valence-corrected chi connectivity index (χ4v) is 9.46. The molecule has 0 saturated heterocycles. The van der Waals surface area contributed by atoms with Crippen molar-refractivity contribution in [2.45, 2.75) is 93.7 Å². The molecule has 1 aliphatic carbocycles. The normalized spacial score (nSPS) is 17.4. The van der Waals surface area contributed by atoms with Gasteiger partial charge in [-0.1, -0.05) is 92.7 Å². The third kappa shape index (κ3) is 8.16. The van der Waals surface area contributed by atoms with Gasteiger partial charge in [-0.25, -0.2) is 0 Å². The van der Waals surface area contributed by atoms with Crippen LogP contribution < -0.4 is 4.74 Å². The maximum absolute atomic E-state index is 9.39. The third-order valence-corrected chi connectivity index (χ3v) is 13.4. The summed E-state index contributed by atoms with van der Waals surface area (Å²) < 4.78 is 98.7. The lowest BCUT2D eigenvalue weighted by Gasteiger charge is -2.34. The van der Waals surface area contributed by atoms with Crippen LogP contribution in [0, 0.1) is 53.7 Å². The van der Waals surface area contributed by atoms with Crippen LogP contribution in [0.25, 0.3) is 77.8 Å². The zero-order chi connectivity index (χ0) is 53.6. The van der Waals surface area contributed by atoms with Gasteiger partial charge >= 0.3 is 0 Å². The Bertz CT molecular complexity index is 3690. The molecule has 0 N–H and O–H groups in total. The van der Waals surface area contributed by atoms with Crippen LogP contribution in [0.4, 0.5) is 0 Å². The Morgan fingerprint density at radius 1 is 0.585 bits per heavy atom. The highest BCUT2D eigenvalue weighted by Gasteiger charge is 2.28. The van der Waals surface area contributed by atoms with Crippen molar-refractivity contribution in [3.8, 4) is 67.4 Å². The molecule has 1 saturated carbocycles. The van der Waals surface area contributed by atoms with E-state index in [0.717, 1.165) is 87.3 Å². The molecule has 9 aromatic rings. The number of aromatic nitrogens is 2. The lowest BCUT2D eigenvalue weighted by molar-refractivity contribution is 0.224. The Hall–Kier alpha value is -6.78. The molecule has 0 amide bonds. The van der Waals surface area contributed by atoms with Crippen molar-refractivity contribution in [3.63, 3.8) is 0 Å². The van der Waals surface area contributed by atoms with E-state index in [1.807, 2.05) is 56.4 Å². The number of ether oxygens (including phenoxy) is 1. The van der Waals surface area contributed by atoms with Crippen molar-refractivity contribution in [1.82, 2.24) is 9.97 Å². The van der Waals surface area contributed by atoms with E-state index >= 15 is 0 Å². The molecule has 0 unspecified atom stereocenters. The summed E-state index contributed by atoms with van der Waals surface area (Å²) in [6.45, 7) is 4.62. The van der Waals surface area contributed by atoms with E-state index in [-0.39, 0.29) is 33.7 Å². The number of benzene rings is 6. The highest BCUT2D eigenvalue weighted by atomic mass is 16.5. The summed E-state index contributed by atoms with van der Waals surface area (Å²) in [7, 11) is 0. The second-order valence-corrected chi connectivity index (χ2v) is 18.6. The first-order valence-corrected chi connectivity index (χ1v) is 22.4.